The molecule has 0 bridgehead atoms. The minimum Gasteiger partial charge on any atom is -0.379 e. The van der Waals surface area contributed by atoms with E-state index in [1.54, 1.807) is 13.8 Å². The molecule has 2 saturated heterocycles. The van der Waals surface area contributed by atoms with Crippen molar-refractivity contribution in [2.75, 3.05) is 33.0 Å². The number of hydrogen-bond acceptors (Lipinski definition) is 12. The van der Waals surface area contributed by atoms with Gasteiger partial charge in [0.1, 0.15) is 24.4 Å². The average Bonchev–Trinajstić information content (AvgIpc) is 3.52. The molecule has 0 aromatic heterocycles. The van der Waals surface area contributed by atoms with Crippen molar-refractivity contribution in [3.63, 3.8) is 0 Å². The molecule has 0 saturated carbocycles. The summed E-state index contributed by atoms with van der Waals surface area (Å²) >= 11 is 0. The fourth-order valence-corrected chi connectivity index (χ4v) is 8.80. The third-order valence-corrected chi connectivity index (χ3v) is 12.2. The summed E-state index contributed by atoms with van der Waals surface area (Å²) in [6.45, 7) is 8.14. The fraction of sp³-hybridized carbons (Fsp3) is 1.00. The second-order valence-corrected chi connectivity index (χ2v) is 19.5. The SMILES string of the molecule is CCCCCCCCCCCCCCCCOCC(CO[C@@H]1O[C@H](COS(=O)(=O)O)[C@@H]2OC(C)(C)O[C@@H]2[C@H]1OS(=O)(=O)O)OCCCCCCCCCCCCCCCC. The highest BCUT2D eigenvalue weighted by Crippen LogP contribution is 2.39. The molecule has 358 valence electrons. The van der Waals surface area contributed by atoms with Crippen LogP contribution in [0, 0.1) is 0 Å². The molecule has 0 aromatic carbocycles. The Balaban J connectivity index is 1.85. The predicted molar refractivity (Wildman–Crippen MR) is 234 cm³/mol. The molecule has 2 fully saturated rings. The van der Waals surface area contributed by atoms with Gasteiger partial charge in [-0.05, 0) is 26.7 Å². The lowest BCUT2D eigenvalue weighted by Gasteiger charge is -2.40. The highest BCUT2D eigenvalue weighted by Gasteiger charge is 2.57. The summed E-state index contributed by atoms with van der Waals surface area (Å²) < 4.78 is 111. The topological polar surface area (TPSA) is 183 Å². The van der Waals surface area contributed by atoms with E-state index in [9.17, 15) is 25.9 Å². The van der Waals surface area contributed by atoms with Gasteiger partial charge in [-0.25, -0.2) is 8.37 Å². The van der Waals surface area contributed by atoms with Gasteiger partial charge >= 0.3 is 20.8 Å². The van der Waals surface area contributed by atoms with Crippen molar-refractivity contribution < 1.29 is 62.7 Å². The molecule has 16 heteroatoms. The molecule has 0 aromatic rings. The molecule has 0 spiro atoms. The first-order valence-corrected chi connectivity index (χ1v) is 26.6. The van der Waals surface area contributed by atoms with Crippen LogP contribution in [0.4, 0.5) is 0 Å². The molecule has 0 radical (unpaired) electrons. The van der Waals surface area contributed by atoms with Crippen molar-refractivity contribution in [1.29, 1.82) is 0 Å². The maximum absolute atomic E-state index is 12.0. The molecule has 6 atom stereocenters. The highest BCUT2D eigenvalue weighted by atomic mass is 32.3. The fourth-order valence-electron chi connectivity index (χ4n) is 8.01. The summed E-state index contributed by atoms with van der Waals surface area (Å²) in [5.74, 6) is -1.26. The summed E-state index contributed by atoms with van der Waals surface area (Å²) in [5.41, 5.74) is 0. The van der Waals surface area contributed by atoms with Gasteiger partial charge in [0, 0.05) is 13.2 Å². The number of fused-ring (bicyclic) bond motifs is 1. The molecule has 2 rings (SSSR count). The van der Waals surface area contributed by atoms with E-state index < -0.39 is 70.0 Å². The second-order valence-electron chi connectivity index (χ2n) is 17.4. The molecular formula is C44H86O14S2. The predicted octanol–water partition coefficient (Wildman–Crippen LogP) is 10.6. The van der Waals surface area contributed by atoms with Crippen LogP contribution in [-0.2, 0) is 57.6 Å². The van der Waals surface area contributed by atoms with Crippen LogP contribution in [0.2, 0.25) is 0 Å². The van der Waals surface area contributed by atoms with E-state index in [2.05, 4.69) is 18.0 Å². The van der Waals surface area contributed by atoms with Crippen LogP contribution in [0.5, 0.6) is 0 Å². The van der Waals surface area contributed by atoms with Crippen LogP contribution in [0.25, 0.3) is 0 Å². The van der Waals surface area contributed by atoms with Crippen molar-refractivity contribution in [3.8, 4) is 0 Å². The Bertz CT molecular complexity index is 1250. The van der Waals surface area contributed by atoms with Gasteiger partial charge in [-0.15, -0.1) is 0 Å². The van der Waals surface area contributed by atoms with Crippen LogP contribution in [-0.4, -0.2) is 102 Å². The Morgan fingerprint density at radius 3 is 1.40 bits per heavy atom. The van der Waals surface area contributed by atoms with Gasteiger partial charge in [-0.1, -0.05) is 181 Å². The lowest BCUT2D eigenvalue weighted by atomic mass is 9.99. The molecule has 0 aliphatic carbocycles. The molecular weight excluding hydrogens is 817 g/mol. The maximum Gasteiger partial charge on any atom is 0.397 e. The van der Waals surface area contributed by atoms with Crippen LogP contribution < -0.4 is 0 Å². The van der Waals surface area contributed by atoms with Gasteiger partial charge in [0.25, 0.3) is 0 Å². The summed E-state index contributed by atoms with van der Waals surface area (Å²) in [6, 6.07) is 0. The molecule has 1 unspecified atom stereocenters. The Kier molecular flexibility index (Phi) is 30.6. The van der Waals surface area contributed by atoms with Gasteiger partial charge < -0.3 is 28.4 Å². The summed E-state index contributed by atoms with van der Waals surface area (Å²) in [4.78, 5) is 0. The standard InChI is InChI=1S/C44H86O14S2/c1-5-7-9-11-13-15-17-19-21-23-25-27-29-31-33-51-35-38(52-34-32-30-28-26-24-22-20-18-16-14-12-10-8-6-2)36-53-43-42(58-60(48,49)50)41-40(56-44(3,4)57-41)39(55-43)37-54-59(45,46)47/h38-43H,5-37H2,1-4H3,(H,45,46,47)(H,48,49,50)/t38?,39-,40+,41+,42-,43-/m1/s1. The zero-order valence-electron chi connectivity index (χ0n) is 37.9. The monoisotopic (exact) mass is 903 g/mol. The van der Waals surface area contributed by atoms with E-state index in [4.69, 9.17) is 32.6 Å². The molecule has 14 nitrogen and oxygen atoms in total. The van der Waals surface area contributed by atoms with E-state index >= 15 is 0 Å². The average molecular weight is 903 g/mol. The Morgan fingerprint density at radius 1 is 0.550 bits per heavy atom. The number of hydrogen-bond donors (Lipinski definition) is 2. The first-order chi connectivity index (χ1) is 28.7. The first-order valence-electron chi connectivity index (χ1n) is 23.8. The normalized spacial score (nSPS) is 22.3. The van der Waals surface area contributed by atoms with Crippen LogP contribution >= 0.6 is 0 Å². The molecule has 2 aliphatic rings. The van der Waals surface area contributed by atoms with Crippen molar-refractivity contribution >= 4 is 20.8 Å². The Morgan fingerprint density at radius 2 is 0.967 bits per heavy atom. The molecule has 2 heterocycles. The van der Waals surface area contributed by atoms with Crippen molar-refractivity contribution in [2.24, 2.45) is 0 Å². The Hall–Kier alpha value is -0.500. The van der Waals surface area contributed by atoms with E-state index in [0.717, 1.165) is 32.1 Å². The highest BCUT2D eigenvalue weighted by molar-refractivity contribution is 7.81. The van der Waals surface area contributed by atoms with Crippen LogP contribution in [0.1, 0.15) is 207 Å². The van der Waals surface area contributed by atoms with Gasteiger partial charge in [0.2, 0.25) is 0 Å². The zero-order valence-corrected chi connectivity index (χ0v) is 39.5. The zero-order chi connectivity index (χ0) is 44.0. The van der Waals surface area contributed by atoms with Crippen LogP contribution in [0.15, 0.2) is 0 Å². The van der Waals surface area contributed by atoms with Gasteiger partial charge in [-0.2, -0.15) is 16.8 Å². The van der Waals surface area contributed by atoms with Crippen molar-refractivity contribution in [1.82, 2.24) is 0 Å². The molecule has 2 aliphatic heterocycles. The number of rotatable bonds is 41. The molecule has 2 N–H and O–H groups in total. The smallest absolute Gasteiger partial charge is 0.379 e. The van der Waals surface area contributed by atoms with E-state index in [0.29, 0.717) is 13.2 Å². The first kappa shape index (κ1) is 55.6. The molecule has 60 heavy (non-hydrogen) atoms. The van der Waals surface area contributed by atoms with Gasteiger partial charge in [0.15, 0.2) is 18.2 Å². The summed E-state index contributed by atoms with van der Waals surface area (Å²) in [7, 11) is -9.87. The summed E-state index contributed by atoms with van der Waals surface area (Å²) in [5, 5.41) is 0. The second kappa shape index (κ2) is 33.0. The van der Waals surface area contributed by atoms with Crippen molar-refractivity contribution in [3.05, 3.63) is 0 Å². The summed E-state index contributed by atoms with van der Waals surface area (Å²) in [6.07, 6.45) is 28.3. The molecule has 0 amide bonds. The quantitative estimate of drug-likeness (QED) is 0.0436. The lowest BCUT2D eigenvalue weighted by molar-refractivity contribution is -0.282. The Labute approximate surface area is 365 Å². The van der Waals surface area contributed by atoms with Gasteiger partial charge in [-0.3, -0.25) is 9.11 Å². The third-order valence-electron chi connectivity index (χ3n) is 11.3. The minimum absolute atomic E-state index is 0.0964. The lowest BCUT2D eigenvalue weighted by Crippen LogP contribution is -2.59. The van der Waals surface area contributed by atoms with E-state index in [1.807, 2.05) is 0 Å². The third kappa shape index (κ3) is 28.3. The van der Waals surface area contributed by atoms with E-state index in [-0.39, 0.29) is 13.2 Å². The largest absolute Gasteiger partial charge is 0.397 e. The maximum atomic E-state index is 12.0. The minimum atomic E-state index is -5.02. The van der Waals surface area contributed by atoms with E-state index in [1.165, 1.54) is 148 Å². The van der Waals surface area contributed by atoms with Crippen LogP contribution in [0.3, 0.4) is 0 Å². The van der Waals surface area contributed by atoms with Gasteiger partial charge in [0.05, 0.1) is 19.8 Å². The van der Waals surface area contributed by atoms with Crippen molar-refractivity contribution in [2.45, 2.75) is 250 Å². The number of unbranched alkanes of at least 4 members (excludes halogenated alkanes) is 26. The number of ether oxygens (including phenoxy) is 6.